The van der Waals surface area contributed by atoms with Crippen LogP contribution in [0.3, 0.4) is 0 Å². The van der Waals surface area contributed by atoms with Crippen LogP contribution in [0.2, 0.25) is 0 Å². The highest BCUT2D eigenvalue weighted by molar-refractivity contribution is 5.85. The molecule has 23 heavy (non-hydrogen) atoms. The molecule has 0 bridgehead atoms. The molecule has 1 aliphatic heterocycles. The number of amides is 1. The van der Waals surface area contributed by atoms with E-state index in [1.807, 2.05) is 0 Å². The lowest BCUT2D eigenvalue weighted by molar-refractivity contribution is -0.137. The second-order valence-electron chi connectivity index (χ2n) is 5.52. The van der Waals surface area contributed by atoms with Gasteiger partial charge in [0.05, 0.1) is 5.56 Å². The lowest BCUT2D eigenvalue weighted by atomic mass is 10.1. The Balaban J connectivity index is 0.00000264. The van der Waals surface area contributed by atoms with Crippen molar-refractivity contribution >= 4 is 18.3 Å². The average Bonchev–Trinajstić information content (AvgIpc) is 2.85. The van der Waals surface area contributed by atoms with Crippen LogP contribution in [0.1, 0.15) is 24.0 Å². The maximum absolute atomic E-state index is 12.5. The standard InChI is InChI=1S/C15H20F3N3O.ClH/c16-15(17,18)12-3-1-11(2-4-12)9-21-8-6-13(10-21)20-14(22)5-7-19;/h1-4,13H,5-10,19H2,(H,20,22);1H. The first-order valence-electron chi connectivity index (χ1n) is 7.26. The van der Waals surface area contributed by atoms with Crippen molar-refractivity contribution in [1.82, 2.24) is 10.2 Å². The third kappa shape index (κ3) is 6.01. The second kappa shape index (κ2) is 8.52. The topological polar surface area (TPSA) is 58.4 Å². The van der Waals surface area contributed by atoms with Gasteiger partial charge in [0, 0.05) is 38.6 Å². The summed E-state index contributed by atoms with van der Waals surface area (Å²) in [5, 5.41) is 2.92. The average molecular weight is 352 g/mol. The summed E-state index contributed by atoms with van der Waals surface area (Å²) >= 11 is 0. The maximum Gasteiger partial charge on any atom is 0.416 e. The molecule has 1 aliphatic rings. The molecular weight excluding hydrogens is 331 g/mol. The molecule has 1 unspecified atom stereocenters. The quantitative estimate of drug-likeness (QED) is 0.854. The molecule has 1 fully saturated rings. The van der Waals surface area contributed by atoms with Crippen LogP contribution in [-0.2, 0) is 17.5 Å². The van der Waals surface area contributed by atoms with Gasteiger partial charge in [0.25, 0.3) is 0 Å². The van der Waals surface area contributed by atoms with Crippen LogP contribution in [0.15, 0.2) is 24.3 Å². The van der Waals surface area contributed by atoms with Crippen molar-refractivity contribution in [3.8, 4) is 0 Å². The lowest BCUT2D eigenvalue weighted by Gasteiger charge is -2.17. The zero-order valence-corrected chi connectivity index (χ0v) is 13.4. The molecule has 1 aromatic carbocycles. The Morgan fingerprint density at radius 3 is 2.52 bits per heavy atom. The minimum Gasteiger partial charge on any atom is -0.352 e. The molecule has 1 atom stereocenters. The van der Waals surface area contributed by atoms with Gasteiger partial charge in [0.15, 0.2) is 0 Å². The van der Waals surface area contributed by atoms with Crippen LogP contribution in [0.5, 0.6) is 0 Å². The van der Waals surface area contributed by atoms with Gasteiger partial charge >= 0.3 is 6.18 Å². The number of carbonyl (C=O) groups excluding carboxylic acids is 1. The van der Waals surface area contributed by atoms with E-state index in [2.05, 4.69) is 10.2 Å². The van der Waals surface area contributed by atoms with Gasteiger partial charge < -0.3 is 11.1 Å². The number of hydrogen-bond donors (Lipinski definition) is 2. The maximum atomic E-state index is 12.5. The number of halogens is 4. The zero-order valence-electron chi connectivity index (χ0n) is 12.6. The predicted molar refractivity (Wildman–Crippen MR) is 84.2 cm³/mol. The SMILES string of the molecule is Cl.NCCC(=O)NC1CCN(Cc2ccc(C(F)(F)F)cc2)C1. The molecule has 130 valence electrons. The predicted octanol–water partition coefficient (Wildman–Crippen LogP) is 2.17. The van der Waals surface area contributed by atoms with Crippen molar-refractivity contribution in [3.63, 3.8) is 0 Å². The van der Waals surface area contributed by atoms with E-state index in [4.69, 9.17) is 5.73 Å². The van der Waals surface area contributed by atoms with E-state index in [1.54, 1.807) is 0 Å². The minimum atomic E-state index is -4.30. The molecule has 1 aromatic rings. The first-order chi connectivity index (χ1) is 10.4. The molecule has 1 amide bonds. The number of carbonyl (C=O) groups is 1. The van der Waals surface area contributed by atoms with E-state index in [1.165, 1.54) is 12.1 Å². The largest absolute Gasteiger partial charge is 0.416 e. The summed E-state index contributed by atoms with van der Waals surface area (Å²) in [5.41, 5.74) is 5.53. The molecule has 1 saturated heterocycles. The molecule has 4 nitrogen and oxygen atoms in total. The highest BCUT2D eigenvalue weighted by atomic mass is 35.5. The molecule has 0 aromatic heterocycles. The normalized spacial score (nSPS) is 18.5. The van der Waals surface area contributed by atoms with E-state index < -0.39 is 11.7 Å². The highest BCUT2D eigenvalue weighted by Gasteiger charge is 2.30. The number of alkyl halides is 3. The zero-order chi connectivity index (χ0) is 16.2. The summed E-state index contributed by atoms with van der Waals surface area (Å²) in [4.78, 5) is 13.6. The molecule has 0 saturated carbocycles. The Hall–Kier alpha value is -1.31. The van der Waals surface area contributed by atoms with E-state index in [-0.39, 0.29) is 24.4 Å². The number of hydrogen-bond acceptors (Lipinski definition) is 3. The van der Waals surface area contributed by atoms with Gasteiger partial charge in [-0.25, -0.2) is 0 Å². The van der Waals surface area contributed by atoms with Crippen LogP contribution >= 0.6 is 12.4 Å². The fraction of sp³-hybridized carbons (Fsp3) is 0.533. The number of benzene rings is 1. The molecule has 0 aliphatic carbocycles. The van der Waals surface area contributed by atoms with Crippen molar-refractivity contribution in [2.45, 2.75) is 31.6 Å². The van der Waals surface area contributed by atoms with E-state index in [0.29, 0.717) is 26.1 Å². The fourth-order valence-electron chi connectivity index (χ4n) is 2.58. The monoisotopic (exact) mass is 351 g/mol. The molecule has 3 N–H and O–H groups in total. The third-order valence-corrected chi connectivity index (χ3v) is 3.70. The van der Waals surface area contributed by atoms with Crippen molar-refractivity contribution in [2.24, 2.45) is 5.73 Å². The smallest absolute Gasteiger partial charge is 0.352 e. The Morgan fingerprint density at radius 1 is 1.30 bits per heavy atom. The van der Waals surface area contributed by atoms with Gasteiger partial charge in [-0.2, -0.15) is 13.2 Å². The minimum absolute atomic E-state index is 0. The van der Waals surface area contributed by atoms with E-state index >= 15 is 0 Å². The van der Waals surface area contributed by atoms with Crippen molar-refractivity contribution in [3.05, 3.63) is 35.4 Å². The molecule has 1 heterocycles. The summed E-state index contributed by atoms with van der Waals surface area (Å²) in [6.45, 7) is 2.43. The molecular formula is C15H21ClF3N3O. The van der Waals surface area contributed by atoms with Gasteiger partial charge in [-0.3, -0.25) is 9.69 Å². The lowest BCUT2D eigenvalue weighted by Crippen LogP contribution is -2.37. The van der Waals surface area contributed by atoms with Gasteiger partial charge in [-0.1, -0.05) is 12.1 Å². The number of nitrogens with two attached hydrogens (primary N) is 1. The van der Waals surface area contributed by atoms with Gasteiger partial charge in [0.2, 0.25) is 5.91 Å². The molecule has 0 radical (unpaired) electrons. The summed E-state index contributed by atoms with van der Waals surface area (Å²) in [6.07, 6.45) is -3.14. The number of likely N-dealkylation sites (tertiary alicyclic amines) is 1. The summed E-state index contributed by atoms with van der Waals surface area (Å²) in [6, 6.07) is 5.30. The van der Waals surface area contributed by atoms with Crippen LogP contribution in [0.4, 0.5) is 13.2 Å². The fourth-order valence-corrected chi connectivity index (χ4v) is 2.58. The first-order valence-corrected chi connectivity index (χ1v) is 7.26. The van der Waals surface area contributed by atoms with Crippen LogP contribution in [0.25, 0.3) is 0 Å². The summed E-state index contributed by atoms with van der Waals surface area (Å²) in [5.74, 6) is -0.0520. The highest BCUT2D eigenvalue weighted by Crippen LogP contribution is 2.29. The Morgan fingerprint density at radius 2 is 1.96 bits per heavy atom. The summed E-state index contributed by atoms with van der Waals surface area (Å²) < 4.78 is 37.5. The first kappa shape index (κ1) is 19.7. The Kier molecular flexibility index (Phi) is 7.31. The number of rotatable bonds is 5. The van der Waals surface area contributed by atoms with Gasteiger partial charge in [-0.15, -0.1) is 12.4 Å². The number of nitrogens with zero attached hydrogens (tertiary/aromatic N) is 1. The molecule has 0 spiro atoms. The van der Waals surface area contributed by atoms with Crippen molar-refractivity contribution < 1.29 is 18.0 Å². The Bertz CT molecular complexity index is 508. The van der Waals surface area contributed by atoms with E-state index in [0.717, 1.165) is 30.7 Å². The van der Waals surface area contributed by atoms with Crippen LogP contribution in [-0.4, -0.2) is 36.5 Å². The molecule has 2 rings (SSSR count). The van der Waals surface area contributed by atoms with Gasteiger partial charge in [0.1, 0.15) is 0 Å². The molecule has 8 heteroatoms. The number of nitrogens with one attached hydrogen (secondary N) is 1. The van der Waals surface area contributed by atoms with E-state index in [9.17, 15) is 18.0 Å². The van der Waals surface area contributed by atoms with Crippen LogP contribution < -0.4 is 11.1 Å². The van der Waals surface area contributed by atoms with Gasteiger partial charge in [-0.05, 0) is 24.1 Å². The second-order valence-corrected chi connectivity index (χ2v) is 5.52. The summed E-state index contributed by atoms with van der Waals surface area (Å²) in [7, 11) is 0. The van der Waals surface area contributed by atoms with Crippen molar-refractivity contribution in [1.29, 1.82) is 0 Å². The van der Waals surface area contributed by atoms with Crippen LogP contribution in [0, 0.1) is 0 Å². The Labute approximate surface area is 139 Å². The van der Waals surface area contributed by atoms with Crippen molar-refractivity contribution in [2.75, 3.05) is 19.6 Å². The third-order valence-electron chi connectivity index (χ3n) is 3.70.